The standard InChI is InChI=1S/C9H18N2S/c1-3-11(4-2)8-6-5-7-10-9-12/h3-8H2,1-2H3. The fourth-order valence-corrected chi connectivity index (χ4v) is 1.20. The van der Waals surface area contributed by atoms with E-state index in [1.807, 2.05) is 0 Å². The van der Waals surface area contributed by atoms with E-state index < -0.39 is 0 Å². The van der Waals surface area contributed by atoms with E-state index in [-0.39, 0.29) is 0 Å². The van der Waals surface area contributed by atoms with Gasteiger partial charge < -0.3 is 4.90 Å². The highest BCUT2D eigenvalue weighted by Crippen LogP contribution is 1.94. The number of hydrogen-bond acceptors (Lipinski definition) is 3. The Morgan fingerprint density at radius 1 is 1.25 bits per heavy atom. The number of isothiocyanates is 1. The van der Waals surface area contributed by atoms with Crippen molar-refractivity contribution < 1.29 is 0 Å². The third-order valence-electron chi connectivity index (χ3n) is 1.95. The minimum Gasteiger partial charge on any atom is -0.304 e. The average molecular weight is 186 g/mol. The van der Waals surface area contributed by atoms with Gasteiger partial charge in [-0.25, -0.2) is 4.99 Å². The summed E-state index contributed by atoms with van der Waals surface area (Å²) in [5, 5.41) is 2.38. The molecule has 0 heterocycles. The van der Waals surface area contributed by atoms with Crippen molar-refractivity contribution in [3.63, 3.8) is 0 Å². The number of hydrogen-bond donors (Lipinski definition) is 0. The van der Waals surface area contributed by atoms with Crippen LogP contribution < -0.4 is 0 Å². The smallest absolute Gasteiger partial charge is 0.0584 e. The summed E-state index contributed by atoms with van der Waals surface area (Å²) in [6.07, 6.45) is 2.34. The molecule has 2 nitrogen and oxygen atoms in total. The Hall–Kier alpha value is -0.240. The molecule has 0 bridgehead atoms. The molecule has 3 heteroatoms. The maximum Gasteiger partial charge on any atom is 0.0584 e. The number of aliphatic imine (C=N–C) groups is 1. The summed E-state index contributed by atoms with van der Waals surface area (Å²) in [4.78, 5) is 6.28. The van der Waals surface area contributed by atoms with Gasteiger partial charge in [-0.1, -0.05) is 13.8 Å². The van der Waals surface area contributed by atoms with Crippen LogP contribution in [-0.4, -0.2) is 36.2 Å². The maximum absolute atomic E-state index is 4.47. The lowest BCUT2D eigenvalue weighted by atomic mass is 10.3. The third kappa shape index (κ3) is 6.47. The Kier molecular flexibility index (Phi) is 8.68. The van der Waals surface area contributed by atoms with Crippen LogP contribution in [-0.2, 0) is 0 Å². The third-order valence-corrected chi connectivity index (χ3v) is 2.08. The number of nitrogens with zero attached hydrogens (tertiary/aromatic N) is 2. The van der Waals surface area contributed by atoms with Gasteiger partial charge in [-0.2, -0.15) is 0 Å². The predicted octanol–water partition coefficient (Wildman–Crippen LogP) is 2.21. The molecule has 0 rings (SSSR count). The van der Waals surface area contributed by atoms with Crippen LogP contribution in [0, 0.1) is 0 Å². The van der Waals surface area contributed by atoms with Crippen molar-refractivity contribution in [1.82, 2.24) is 4.90 Å². The molecule has 70 valence electrons. The summed E-state index contributed by atoms with van der Waals surface area (Å²) >= 11 is 4.47. The van der Waals surface area contributed by atoms with Crippen molar-refractivity contribution in [1.29, 1.82) is 0 Å². The first-order valence-corrected chi connectivity index (χ1v) is 5.02. The van der Waals surface area contributed by atoms with Gasteiger partial charge in [-0.05, 0) is 44.7 Å². The molecule has 0 aliphatic heterocycles. The number of unbranched alkanes of at least 4 members (excludes halogenated alkanes) is 1. The van der Waals surface area contributed by atoms with Crippen molar-refractivity contribution in [2.24, 2.45) is 4.99 Å². The van der Waals surface area contributed by atoms with Gasteiger partial charge in [0, 0.05) is 6.54 Å². The molecule has 0 N–H and O–H groups in total. The molecule has 0 saturated heterocycles. The van der Waals surface area contributed by atoms with E-state index in [2.05, 4.69) is 41.1 Å². The van der Waals surface area contributed by atoms with Gasteiger partial charge in [0.05, 0.1) is 5.16 Å². The maximum atomic E-state index is 4.47. The number of thiocarbonyl (C=S) groups is 1. The molecule has 12 heavy (non-hydrogen) atoms. The molecule has 0 amide bonds. The fraction of sp³-hybridized carbons (Fsp3) is 0.889. The molecule has 0 spiro atoms. The van der Waals surface area contributed by atoms with Crippen molar-refractivity contribution in [3.05, 3.63) is 0 Å². The highest BCUT2D eigenvalue weighted by molar-refractivity contribution is 7.78. The van der Waals surface area contributed by atoms with Crippen LogP contribution in [0.25, 0.3) is 0 Å². The minimum atomic E-state index is 0.838. The second-order valence-electron chi connectivity index (χ2n) is 2.71. The molecular weight excluding hydrogens is 168 g/mol. The average Bonchev–Trinajstić information content (AvgIpc) is 2.11. The molecule has 0 fully saturated rings. The highest BCUT2D eigenvalue weighted by Gasteiger charge is 1.96. The molecule has 0 aliphatic rings. The fourth-order valence-electron chi connectivity index (χ4n) is 1.11. The zero-order chi connectivity index (χ0) is 9.23. The zero-order valence-corrected chi connectivity index (χ0v) is 8.86. The first-order chi connectivity index (χ1) is 5.85. The highest BCUT2D eigenvalue weighted by atomic mass is 32.1. The Labute approximate surface area is 80.7 Å². The Morgan fingerprint density at radius 2 is 1.92 bits per heavy atom. The summed E-state index contributed by atoms with van der Waals surface area (Å²) in [6.45, 7) is 8.70. The van der Waals surface area contributed by atoms with Crippen LogP contribution in [0.5, 0.6) is 0 Å². The van der Waals surface area contributed by atoms with Crippen LogP contribution in [0.15, 0.2) is 4.99 Å². The van der Waals surface area contributed by atoms with Crippen LogP contribution in [0.1, 0.15) is 26.7 Å². The van der Waals surface area contributed by atoms with Gasteiger partial charge in [-0.3, -0.25) is 0 Å². The quantitative estimate of drug-likeness (QED) is 0.344. The van der Waals surface area contributed by atoms with E-state index in [9.17, 15) is 0 Å². The largest absolute Gasteiger partial charge is 0.304 e. The van der Waals surface area contributed by atoms with Crippen LogP contribution in [0.3, 0.4) is 0 Å². The molecule has 0 aromatic rings. The summed E-state index contributed by atoms with van der Waals surface area (Å²) in [5.74, 6) is 0. The molecule has 0 atom stereocenters. The van der Waals surface area contributed by atoms with E-state index >= 15 is 0 Å². The normalized spacial score (nSPS) is 9.92. The first-order valence-electron chi connectivity index (χ1n) is 4.61. The first kappa shape index (κ1) is 11.8. The predicted molar refractivity (Wildman–Crippen MR) is 56.9 cm³/mol. The Balaban J connectivity index is 3.22. The lowest BCUT2D eigenvalue weighted by Crippen LogP contribution is -2.23. The molecule has 0 unspecified atom stereocenters. The number of rotatable bonds is 7. The van der Waals surface area contributed by atoms with Gasteiger partial charge in [0.2, 0.25) is 0 Å². The van der Waals surface area contributed by atoms with E-state index in [1.165, 1.54) is 13.0 Å². The monoisotopic (exact) mass is 186 g/mol. The summed E-state index contributed by atoms with van der Waals surface area (Å²) in [6, 6.07) is 0. The molecule has 0 aromatic heterocycles. The molecule has 0 aliphatic carbocycles. The molecule has 0 radical (unpaired) electrons. The Morgan fingerprint density at radius 3 is 2.42 bits per heavy atom. The van der Waals surface area contributed by atoms with E-state index in [0.29, 0.717) is 0 Å². The van der Waals surface area contributed by atoms with Gasteiger partial charge in [0.25, 0.3) is 0 Å². The van der Waals surface area contributed by atoms with Crippen LogP contribution in [0.4, 0.5) is 0 Å². The van der Waals surface area contributed by atoms with Crippen molar-refractivity contribution in [3.8, 4) is 0 Å². The topological polar surface area (TPSA) is 15.6 Å². The summed E-state index contributed by atoms with van der Waals surface area (Å²) in [5.41, 5.74) is 0. The van der Waals surface area contributed by atoms with Gasteiger partial charge in [-0.15, -0.1) is 0 Å². The Bertz CT molecular complexity index is 137. The SMILES string of the molecule is CCN(CC)CCCCN=C=S. The summed E-state index contributed by atoms with van der Waals surface area (Å²) in [7, 11) is 0. The van der Waals surface area contributed by atoms with Gasteiger partial charge >= 0.3 is 0 Å². The van der Waals surface area contributed by atoms with Gasteiger partial charge in [0.15, 0.2) is 0 Å². The molecular formula is C9H18N2S. The van der Waals surface area contributed by atoms with Crippen molar-refractivity contribution in [2.45, 2.75) is 26.7 Å². The van der Waals surface area contributed by atoms with Crippen LogP contribution in [0.2, 0.25) is 0 Å². The van der Waals surface area contributed by atoms with E-state index in [0.717, 1.165) is 26.1 Å². The van der Waals surface area contributed by atoms with Crippen LogP contribution >= 0.6 is 12.2 Å². The lowest BCUT2D eigenvalue weighted by molar-refractivity contribution is 0.298. The molecule has 0 aromatic carbocycles. The zero-order valence-electron chi connectivity index (χ0n) is 8.05. The summed E-state index contributed by atoms with van der Waals surface area (Å²) < 4.78 is 0. The second-order valence-corrected chi connectivity index (χ2v) is 2.89. The minimum absolute atomic E-state index is 0.838. The van der Waals surface area contributed by atoms with Crippen molar-refractivity contribution in [2.75, 3.05) is 26.2 Å². The molecule has 0 saturated carbocycles. The second kappa shape index (κ2) is 8.85. The van der Waals surface area contributed by atoms with Crippen molar-refractivity contribution >= 4 is 17.4 Å². The van der Waals surface area contributed by atoms with Gasteiger partial charge in [0.1, 0.15) is 0 Å². The lowest BCUT2D eigenvalue weighted by Gasteiger charge is -2.16. The van der Waals surface area contributed by atoms with E-state index in [1.54, 1.807) is 0 Å². The van der Waals surface area contributed by atoms with E-state index in [4.69, 9.17) is 0 Å².